The predicted molar refractivity (Wildman–Crippen MR) is 57.5 cm³/mol. The number of hydrogen-bond donors (Lipinski definition) is 1. The number of halogens is 1. The Morgan fingerprint density at radius 1 is 1.36 bits per heavy atom. The van der Waals surface area contributed by atoms with Gasteiger partial charge in [-0.15, -0.1) is 0 Å². The summed E-state index contributed by atoms with van der Waals surface area (Å²) in [7, 11) is 0. The molecule has 76 valence electrons. The van der Waals surface area contributed by atoms with E-state index >= 15 is 0 Å². The van der Waals surface area contributed by atoms with E-state index < -0.39 is 0 Å². The fourth-order valence-electron chi connectivity index (χ4n) is 2.16. The largest absolute Gasteiger partial charge is 0.298 e. The molecule has 1 fully saturated rings. The van der Waals surface area contributed by atoms with Crippen LogP contribution in [0.5, 0.6) is 0 Å². The van der Waals surface area contributed by atoms with Crippen LogP contribution >= 0.6 is 15.9 Å². The second-order valence-corrected chi connectivity index (χ2v) is 4.55. The monoisotopic (exact) mass is 256 g/mol. The second-order valence-electron chi connectivity index (χ2n) is 3.79. The number of nitrogens with one attached hydrogen (secondary N) is 1. The van der Waals surface area contributed by atoms with Crippen LogP contribution < -0.4 is 0 Å². The molecule has 0 bridgehead atoms. The van der Waals surface area contributed by atoms with Crippen molar-refractivity contribution in [2.45, 2.75) is 38.0 Å². The van der Waals surface area contributed by atoms with Gasteiger partial charge in [0.05, 0.1) is 5.56 Å². The molecule has 0 unspecified atom stereocenters. The zero-order chi connectivity index (χ0) is 9.97. The van der Waals surface area contributed by atoms with E-state index in [1.165, 1.54) is 32.1 Å². The lowest BCUT2D eigenvalue weighted by atomic mass is 9.86. The molecule has 14 heavy (non-hydrogen) atoms. The highest BCUT2D eigenvalue weighted by atomic mass is 79.9. The highest BCUT2D eigenvalue weighted by molar-refractivity contribution is 9.10. The topological polar surface area (TPSA) is 45.8 Å². The van der Waals surface area contributed by atoms with E-state index in [1.807, 2.05) is 0 Å². The average molecular weight is 257 g/mol. The van der Waals surface area contributed by atoms with Crippen LogP contribution in [0.2, 0.25) is 0 Å². The van der Waals surface area contributed by atoms with Crippen molar-refractivity contribution in [2.24, 2.45) is 0 Å². The minimum Gasteiger partial charge on any atom is -0.298 e. The maximum absolute atomic E-state index is 10.9. The third-order valence-corrected chi connectivity index (χ3v) is 3.52. The van der Waals surface area contributed by atoms with Gasteiger partial charge in [0.1, 0.15) is 4.60 Å². The van der Waals surface area contributed by atoms with Crippen molar-refractivity contribution in [3.8, 4) is 0 Å². The Labute approximate surface area is 91.4 Å². The van der Waals surface area contributed by atoms with E-state index in [0.717, 1.165) is 12.0 Å². The Balaban J connectivity index is 2.25. The van der Waals surface area contributed by atoms with Gasteiger partial charge < -0.3 is 0 Å². The van der Waals surface area contributed by atoms with E-state index in [-0.39, 0.29) is 0 Å². The Bertz CT molecular complexity index is 329. The van der Waals surface area contributed by atoms with E-state index in [4.69, 9.17) is 0 Å². The molecule has 0 amide bonds. The summed E-state index contributed by atoms with van der Waals surface area (Å²) in [5.74, 6) is 0.503. The third-order valence-electron chi connectivity index (χ3n) is 2.92. The van der Waals surface area contributed by atoms with Crippen LogP contribution in [0.4, 0.5) is 0 Å². The number of carbonyl (C=O) groups is 1. The molecular weight excluding hydrogens is 244 g/mol. The molecular formula is C10H13BrN2O. The minimum atomic E-state index is 0.503. The van der Waals surface area contributed by atoms with Crippen LogP contribution in [0.1, 0.15) is 54.1 Å². The lowest BCUT2D eigenvalue weighted by molar-refractivity contribution is 0.112. The maximum atomic E-state index is 10.9. The lowest BCUT2D eigenvalue weighted by Gasteiger charge is -2.20. The summed E-state index contributed by atoms with van der Waals surface area (Å²) in [6.07, 6.45) is 7.09. The van der Waals surface area contributed by atoms with E-state index in [9.17, 15) is 4.79 Å². The first-order valence-corrected chi connectivity index (χ1v) is 5.81. The van der Waals surface area contributed by atoms with E-state index in [0.29, 0.717) is 16.1 Å². The molecule has 0 radical (unpaired) electrons. The number of aldehydes is 1. The van der Waals surface area contributed by atoms with Gasteiger partial charge in [0.25, 0.3) is 0 Å². The van der Waals surface area contributed by atoms with Gasteiger partial charge in [-0.25, -0.2) is 0 Å². The first kappa shape index (κ1) is 9.90. The van der Waals surface area contributed by atoms with Gasteiger partial charge in [-0.2, -0.15) is 5.10 Å². The van der Waals surface area contributed by atoms with Crippen LogP contribution in [0.25, 0.3) is 0 Å². The molecule has 1 aromatic rings. The molecule has 1 heterocycles. The Hall–Kier alpha value is -0.640. The number of carbonyl (C=O) groups excluding carboxylic acids is 1. The Morgan fingerprint density at radius 2 is 2.07 bits per heavy atom. The summed E-state index contributed by atoms with van der Waals surface area (Å²) < 4.78 is 0.646. The van der Waals surface area contributed by atoms with Gasteiger partial charge >= 0.3 is 0 Å². The molecule has 1 aliphatic rings. The van der Waals surface area contributed by atoms with E-state index in [1.54, 1.807) is 0 Å². The zero-order valence-corrected chi connectivity index (χ0v) is 9.51. The van der Waals surface area contributed by atoms with Crippen molar-refractivity contribution < 1.29 is 4.79 Å². The van der Waals surface area contributed by atoms with Crippen molar-refractivity contribution in [2.75, 3.05) is 0 Å². The van der Waals surface area contributed by atoms with Crippen molar-refractivity contribution in [1.29, 1.82) is 0 Å². The maximum Gasteiger partial charge on any atom is 0.154 e. The summed E-state index contributed by atoms with van der Waals surface area (Å²) in [6, 6.07) is 0. The van der Waals surface area contributed by atoms with Crippen molar-refractivity contribution in [3.63, 3.8) is 0 Å². The van der Waals surface area contributed by atoms with Gasteiger partial charge in [-0.05, 0) is 28.8 Å². The Morgan fingerprint density at radius 3 is 2.71 bits per heavy atom. The smallest absolute Gasteiger partial charge is 0.154 e. The van der Waals surface area contributed by atoms with Crippen LogP contribution in [-0.2, 0) is 0 Å². The SMILES string of the molecule is O=Cc1c(Br)n[nH]c1C1CCCCC1. The highest BCUT2D eigenvalue weighted by Gasteiger charge is 2.21. The van der Waals surface area contributed by atoms with Gasteiger partial charge in [-0.3, -0.25) is 9.89 Å². The molecule has 2 rings (SSSR count). The summed E-state index contributed by atoms with van der Waals surface area (Å²) in [6.45, 7) is 0. The molecule has 0 saturated heterocycles. The number of hydrogen-bond acceptors (Lipinski definition) is 2. The third kappa shape index (κ3) is 1.75. The molecule has 1 aliphatic carbocycles. The van der Waals surface area contributed by atoms with Gasteiger partial charge in [0, 0.05) is 11.6 Å². The molecule has 1 N–H and O–H groups in total. The summed E-state index contributed by atoms with van der Waals surface area (Å²) in [4.78, 5) is 10.9. The zero-order valence-electron chi connectivity index (χ0n) is 7.92. The molecule has 0 spiro atoms. The quantitative estimate of drug-likeness (QED) is 0.827. The number of nitrogens with zero attached hydrogens (tertiary/aromatic N) is 1. The summed E-state index contributed by atoms with van der Waals surface area (Å²) >= 11 is 3.27. The van der Waals surface area contributed by atoms with Crippen LogP contribution in [0.15, 0.2) is 4.60 Å². The van der Waals surface area contributed by atoms with Crippen LogP contribution in [0.3, 0.4) is 0 Å². The van der Waals surface area contributed by atoms with Gasteiger partial charge in [-0.1, -0.05) is 19.3 Å². The fraction of sp³-hybridized carbons (Fsp3) is 0.600. The first-order chi connectivity index (χ1) is 6.83. The number of rotatable bonds is 2. The molecule has 0 atom stereocenters. The molecule has 0 aromatic carbocycles. The summed E-state index contributed by atoms with van der Waals surface area (Å²) in [5, 5.41) is 6.99. The summed E-state index contributed by atoms with van der Waals surface area (Å²) in [5.41, 5.74) is 1.73. The standard InChI is InChI=1S/C10H13BrN2O/c11-10-8(6-14)9(12-13-10)7-4-2-1-3-5-7/h6-7H,1-5H2,(H,12,13). The molecule has 1 saturated carbocycles. The van der Waals surface area contributed by atoms with Crippen LogP contribution in [0, 0.1) is 0 Å². The van der Waals surface area contributed by atoms with Crippen molar-refractivity contribution in [3.05, 3.63) is 15.9 Å². The average Bonchev–Trinajstić information content (AvgIpc) is 2.61. The molecule has 1 aromatic heterocycles. The van der Waals surface area contributed by atoms with E-state index in [2.05, 4.69) is 26.1 Å². The van der Waals surface area contributed by atoms with Crippen molar-refractivity contribution in [1.82, 2.24) is 10.2 Å². The minimum absolute atomic E-state index is 0.503. The molecule has 3 nitrogen and oxygen atoms in total. The van der Waals surface area contributed by atoms with Gasteiger partial charge in [0.2, 0.25) is 0 Å². The Kier molecular flexibility index (Phi) is 3.01. The number of aromatic amines is 1. The second kappa shape index (κ2) is 4.26. The normalized spacial score (nSPS) is 18.4. The van der Waals surface area contributed by atoms with Gasteiger partial charge in [0.15, 0.2) is 6.29 Å². The lowest BCUT2D eigenvalue weighted by Crippen LogP contribution is -2.07. The van der Waals surface area contributed by atoms with Crippen LogP contribution in [-0.4, -0.2) is 16.5 Å². The number of aromatic nitrogens is 2. The first-order valence-electron chi connectivity index (χ1n) is 5.02. The molecule has 0 aliphatic heterocycles. The predicted octanol–water partition coefficient (Wildman–Crippen LogP) is 3.03. The number of H-pyrrole nitrogens is 1. The highest BCUT2D eigenvalue weighted by Crippen LogP contribution is 2.34. The van der Waals surface area contributed by atoms with Crippen molar-refractivity contribution >= 4 is 22.2 Å². The fourth-order valence-corrected chi connectivity index (χ4v) is 2.55. The molecule has 4 heteroatoms.